The van der Waals surface area contributed by atoms with Crippen LogP contribution in [0.5, 0.6) is 0 Å². The van der Waals surface area contributed by atoms with Gasteiger partial charge in [0.05, 0.1) is 19.7 Å². The van der Waals surface area contributed by atoms with Gasteiger partial charge in [-0.2, -0.15) is 0 Å². The van der Waals surface area contributed by atoms with Crippen molar-refractivity contribution in [3.63, 3.8) is 0 Å². The van der Waals surface area contributed by atoms with E-state index < -0.39 is 0 Å². The predicted octanol–water partition coefficient (Wildman–Crippen LogP) is 2.21. The smallest absolute Gasteiger partial charge is 0.320 e. The van der Waals surface area contributed by atoms with Crippen molar-refractivity contribution >= 4 is 17.1 Å². The lowest BCUT2D eigenvalue weighted by atomic mass is 10.3. The Bertz CT molecular complexity index is 517. The molecule has 0 saturated heterocycles. The van der Waals surface area contributed by atoms with E-state index in [2.05, 4.69) is 4.98 Å². The van der Waals surface area contributed by atoms with Crippen molar-refractivity contribution in [1.82, 2.24) is 9.88 Å². The summed E-state index contributed by atoms with van der Waals surface area (Å²) in [5, 5.41) is 0. The predicted molar refractivity (Wildman–Crippen MR) is 71.6 cm³/mol. The number of aromatic nitrogens is 1. The van der Waals surface area contributed by atoms with E-state index in [9.17, 15) is 4.79 Å². The van der Waals surface area contributed by atoms with Gasteiger partial charge < -0.3 is 9.15 Å². The number of hydrogen-bond acceptors (Lipinski definition) is 5. The van der Waals surface area contributed by atoms with Crippen molar-refractivity contribution in [2.45, 2.75) is 20.4 Å². The van der Waals surface area contributed by atoms with Crippen LogP contribution in [0, 0.1) is 0 Å². The van der Waals surface area contributed by atoms with E-state index in [1.807, 2.05) is 36.1 Å². The average Bonchev–Trinajstić information content (AvgIpc) is 2.80. The van der Waals surface area contributed by atoms with E-state index in [1.54, 1.807) is 6.92 Å². The molecule has 0 aliphatic heterocycles. The normalized spacial score (nSPS) is 11.1. The van der Waals surface area contributed by atoms with E-state index in [0.29, 0.717) is 19.0 Å². The molecule has 5 heteroatoms. The maximum absolute atomic E-state index is 11.5. The number of likely N-dealkylation sites (N-methyl/N-ethyl adjacent to an activating group) is 1. The number of carbonyl (C=O) groups is 1. The number of ether oxygens (including phenoxy) is 1. The fourth-order valence-corrected chi connectivity index (χ4v) is 1.85. The van der Waals surface area contributed by atoms with Gasteiger partial charge in [-0.1, -0.05) is 19.1 Å². The maximum atomic E-state index is 11.5. The second kappa shape index (κ2) is 6.33. The number of rotatable bonds is 6. The lowest BCUT2D eigenvalue weighted by molar-refractivity contribution is -0.144. The van der Waals surface area contributed by atoms with Gasteiger partial charge in [0.25, 0.3) is 0 Å². The largest absolute Gasteiger partial charge is 0.465 e. The van der Waals surface area contributed by atoms with E-state index in [0.717, 1.165) is 17.6 Å². The minimum absolute atomic E-state index is 0.222. The van der Waals surface area contributed by atoms with Crippen LogP contribution in [0.15, 0.2) is 28.7 Å². The van der Waals surface area contributed by atoms with Gasteiger partial charge in [0.15, 0.2) is 5.58 Å². The molecular formula is C14H18N2O3. The summed E-state index contributed by atoms with van der Waals surface area (Å²) in [5.41, 5.74) is 1.61. The summed E-state index contributed by atoms with van der Waals surface area (Å²) in [5.74, 6) is 0.396. The fourth-order valence-electron chi connectivity index (χ4n) is 1.85. The molecule has 1 heterocycles. The summed E-state index contributed by atoms with van der Waals surface area (Å²) in [6.45, 7) is 5.68. The highest BCUT2D eigenvalue weighted by Gasteiger charge is 2.13. The van der Waals surface area contributed by atoms with Gasteiger partial charge in [-0.25, -0.2) is 4.98 Å². The van der Waals surface area contributed by atoms with Gasteiger partial charge in [-0.05, 0) is 25.6 Å². The minimum Gasteiger partial charge on any atom is -0.465 e. The molecule has 1 aromatic carbocycles. The van der Waals surface area contributed by atoms with Gasteiger partial charge in [-0.3, -0.25) is 9.69 Å². The highest BCUT2D eigenvalue weighted by molar-refractivity contribution is 5.72. The molecule has 102 valence electrons. The number of para-hydroxylation sites is 2. The van der Waals surface area contributed by atoms with Crippen molar-refractivity contribution in [3.05, 3.63) is 30.2 Å². The first-order valence-corrected chi connectivity index (χ1v) is 6.45. The molecule has 0 N–H and O–H groups in total. The van der Waals surface area contributed by atoms with Crippen LogP contribution in [0.1, 0.15) is 19.7 Å². The number of esters is 1. The second-order valence-electron chi connectivity index (χ2n) is 4.18. The molecule has 0 radical (unpaired) electrons. The first-order chi connectivity index (χ1) is 9.22. The van der Waals surface area contributed by atoms with Crippen molar-refractivity contribution in [1.29, 1.82) is 0 Å². The Morgan fingerprint density at radius 3 is 2.84 bits per heavy atom. The SMILES string of the molecule is CCOC(=O)CN(CC)Cc1nc2ccccc2o1. The topological polar surface area (TPSA) is 55.6 Å². The molecule has 1 aromatic heterocycles. The summed E-state index contributed by atoms with van der Waals surface area (Å²) in [4.78, 5) is 17.8. The molecule has 0 unspecified atom stereocenters. The molecule has 19 heavy (non-hydrogen) atoms. The maximum Gasteiger partial charge on any atom is 0.320 e. The zero-order chi connectivity index (χ0) is 13.7. The van der Waals surface area contributed by atoms with Crippen molar-refractivity contribution in [2.75, 3.05) is 19.7 Å². The van der Waals surface area contributed by atoms with E-state index >= 15 is 0 Å². The number of fused-ring (bicyclic) bond motifs is 1. The number of hydrogen-bond donors (Lipinski definition) is 0. The van der Waals surface area contributed by atoms with Gasteiger partial charge in [-0.15, -0.1) is 0 Å². The minimum atomic E-state index is -0.222. The summed E-state index contributed by atoms with van der Waals surface area (Å²) >= 11 is 0. The molecule has 0 atom stereocenters. The average molecular weight is 262 g/mol. The first kappa shape index (κ1) is 13.5. The number of carbonyl (C=O) groups excluding carboxylic acids is 1. The molecule has 0 saturated carbocycles. The molecule has 0 bridgehead atoms. The molecule has 0 amide bonds. The molecular weight excluding hydrogens is 244 g/mol. The summed E-state index contributed by atoms with van der Waals surface area (Å²) in [7, 11) is 0. The van der Waals surface area contributed by atoms with Crippen LogP contribution in [-0.4, -0.2) is 35.5 Å². The Kier molecular flexibility index (Phi) is 4.52. The standard InChI is InChI=1S/C14H18N2O3/c1-3-16(10-14(17)18-4-2)9-13-15-11-7-5-6-8-12(11)19-13/h5-8H,3-4,9-10H2,1-2H3. The van der Waals surface area contributed by atoms with Crippen LogP contribution in [0.4, 0.5) is 0 Å². The Morgan fingerprint density at radius 2 is 2.16 bits per heavy atom. The van der Waals surface area contributed by atoms with Crippen molar-refractivity contribution in [2.24, 2.45) is 0 Å². The monoisotopic (exact) mass is 262 g/mol. The second-order valence-corrected chi connectivity index (χ2v) is 4.18. The fraction of sp³-hybridized carbons (Fsp3) is 0.429. The van der Waals surface area contributed by atoms with Gasteiger partial charge in [0.1, 0.15) is 5.52 Å². The van der Waals surface area contributed by atoms with Crippen LogP contribution < -0.4 is 0 Å². The summed E-state index contributed by atoms with van der Waals surface area (Å²) in [6.07, 6.45) is 0. The molecule has 2 rings (SSSR count). The molecule has 0 aliphatic carbocycles. The van der Waals surface area contributed by atoms with Gasteiger partial charge in [0, 0.05) is 0 Å². The van der Waals surface area contributed by atoms with E-state index in [1.165, 1.54) is 0 Å². The Balaban J connectivity index is 2.03. The van der Waals surface area contributed by atoms with Crippen molar-refractivity contribution < 1.29 is 13.9 Å². The number of oxazole rings is 1. The third-order valence-corrected chi connectivity index (χ3v) is 2.80. The number of benzene rings is 1. The Labute approximate surface area is 112 Å². The van der Waals surface area contributed by atoms with Crippen LogP contribution in [0.3, 0.4) is 0 Å². The highest BCUT2D eigenvalue weighted by atomic mass is 16.5. The molecule has 0 aliphatic rings. The zero-order valence-electron chi connectivity index (χ0n) is 11.3. The third kappa shape index (κ3) is 3.54. The molecule has 5 nitrogen and oxygen atoms in total. The van der Waals surface area contributed by atoms with Crippen LogP contribution in [0.2, 0.25) is 0 Å². The zero-order valence-corrected chi connectivity index (χ0v) is 11.3. The van der Waals surface area contributed by atoms with Gasteiger partial charge in [0.2, 0.25) is 5.89 Å². The van der Waals surface area contributed by atoms with Crippen LogP contribution in [0.25, 0.3) is 11.1 Å². The van der Waals surface area contributed by atoms with Crippen LogP contribution >= 0.6 is 0 Å². The Hall–Kier alpha value is -1.88. The first-order valence-electron chi connectivity index (χ1n) is 6.45. The lowest BCUT2D eigenvalue weighted by Crippen LogP contribution is -2.30. The van der Waals surface area contributed by atoms with E-state index in [4.69, 9.17) is 9.15 Å². The summed E-state index contributed by atoms with van der Waals surface area (Å²) in [6, 6.07) is 7.62. The van der Waals surface area contributed by atoms with Crippen LogP contribution in [-0.2, 0) is 16.1 Å². The number of nitrogens with zero attached hydrogens (tertiary/aromatic N) is 2. The quantitative estimate of drug-likeness (QED) is 0.747. The Morgan fingerprint density at radius 1 is 1.37 bits per heavy atom. The van der Waals surface area contributed by atoms with Crippen molar-refractivity contribution in [3.8, 4) is 0 Å². The summed E-state index contributed by atoms with van der Waals surface area (Å²) < 4.78 is 10.6. The molecule has 2 aromatic rings. The third-order valence-electron chi connectivity index (χ3n) is 2.80. The highest BCUT2D eigenvalue weighted by Crippen LogP contribution is 2.15. The van der Waals surface area contributed by atoms with Gasteiger partial charge >= 0.3 is 5.97 Å². The molecule has 0 fully saturated rings. The molecule has 0 spiro atoms. The lowest BCUT2D eigenvalue weighted by Gasteiger charge is -2.16. The van der Waals surface area contributed by atoms with E-state index in [-0.39, 0.29) is 12.5 Å².